The van der Waals surface area contributed by atoms with Crippen molar-refractivity contribution < 1.29 is 19.1 Å². The number of carbonyl (C=O) groups excluding carboxylic acids is 2. The summed E-state index contributed by atoms with van der Waals surface area (Å²) < 4.78 is 9.50. The Balaban J connectivity index is 3.93. The quantitative estimate of drug-likeness (QED) is 0.615. The minimum Gasteiger partial charge on any atom is -0.469 e. The van der Waals surface area contributed by atoms with Gasteiger partial charge in [-0.25, -0.2) is 0 Å². The SMILES string of the molecule is CCCC(SCCC(=O)OC)C(=O)OCC. The van der Waals surface area contributed by atoms with Crippen LogP contribution in [0.1, 0.15) is 33.1 Å². The fourth-order valence-electron chi connectivity index (χ4n) is 1.15. The van der Waals surface area contributed by atoms with Gasteiger partial charge in [-0.2, -0.15) is 0 Å². The third kappa shape index (κ3) is 6.71. The molecule has 0 saturated carbocycles. The number of thioether (sulfide) groups is 1. The summed E-state index contributed by atoms with van der Waals surface area (Å²) in [5.41, 5.74) is 0. The molecule has 0 aromatic rings. The highest BCUT2D eigenvalue weighted by molar-refractivity contribution is 8.00. The number of hydrogen-bond acceptors (Lipinski definition) is 5. The van der Waals surface area contributed by atoms with Crippen LogP contribution in [0.2, 0.25) is 0 Å². The van der Waals surface area contributed by atoms with Crippen molar-refractivity contribution in [2.24, 2.45) is 0 Å². The van der Waals surface area contributed by atoms with Crippen LogP contribution in [0.25, 0.3) is 0 Å². The number of methoxy groups -OCH3 is 1. The lowest BCUT2D eigenvalue weighted by atomic mass is 10.2. The van der Waals surface area contributed by atoms with E-state index in [0.717, 1.165) is 12.8 Å². The van der Waals surface area contributed by atoms with Gasteiger partial charge in [-0.15, -0.1) is 11.8 Å². The highest BCUT2D eigenvalue weighted by atomic mass is 32.2. The van der Waals surface area contributed by atoms with Gasteiger partial charge in [0.15, 0.2) is 0 Å². The van der Waals surface area contributed by atoms with Crippen molar-refractivity contribution in [2.75, 3.05) is 19.5 Å². The van der Waals surface area contributed by atoms with E-state index in [-0.39, 0.29) is 17.2 Å². The van der Waals surface area contributed by atoms with E-state index in [1.54, 1.807) is 6.92 Å². The minimum atomic E-state index is -0.244. The molecule has 0 bridgehead atoms. The lowest BCUT2D eigenvalue weighted by molar-refractivity contribution is -0.143. The van der Waals surface area contributed by atoms with Crippen molar-refractivity contribution in [1.29, 1.82) is 0 Å². The molecule has 0 rings (SSSR count). The molecule has 0 spiro atoms. The molecule has 4 nitrogen and oxygen atoms in total. The van der Waals surface area contributed by atoms with Crippen molar-refractivity contribution in [1.82, 2.24) is 0 Å². The van der Waals surface area contributed by atoms with Gasteiger partial charge in [-0.3, -0.25) is 9.59 Å². The van der Waals surface area contributed by atoms with E-state index >= 15 is 0 Å². The van der Waals surface area contributed by atoms with Crippen LogP contribution < -0.4 is 0 Å². The van der Waals surface area contributed by atoms with Crippen LogP contribution in [0.3, 0.4) is 0 Å². The predicted octanol–water partition coefficient (Wildman–Crippen LogP) is 2.01. The Kier molecular flexibility index (Phi) is 9.09. The van der Waals surface area contributed by atoms with Gasteiger partial charge in [-0.1, -0.05) is 13.3 Å². The summed E-state index contributed by atoms with van der Waals surface area (Å²) in [6.45, 7) is 4.21. The normalized spacial score (nSPS) is 11.9. The van der Waals surface area contributed by atoms with Crippen LogP contribution in [0.5, 0.6) is 0 Å². The van der Waals surface area contributed by atoms with Crippen LogP contribution in [0, 0.1) is 0 Å². The summed E-state index contributed by atoms with van der Waals surface area (Å²) >= 11 is 1.46. The Bertz CT molecular complexity index is 218. The molecule has 0 aromatic carbocycles. The molecule has 0 N–H and O–H groups in total. The van der Waals surface area contributed by atoms with Gasteiger partial charge in [0.05, 0.1) is 20.1 Å². The number of esters is 2. The number of hydrogen-bond donors (Lipinski definition) is 0. The first-order chi connectivity index (χ1) is 7.65. The first kappa shape index (κ1) is 15.3. The second-order valence-electron chi connectivity index (χ2n) is 3.23. The van der Waals surface area contributed by atoms with Crippen LogP contribution in [-0.4, -0.2) is 36.7 Å². The van der Waals surface area contributed by atoms with Crippen molar-refractivity contribution in [2.45, 2.75) is 38.4 Å². The highest BCUT2D eigenvalue weighted by Gasteiger charge is 2.19. The molecule has 0 aliphatic carbocycles. The van der Waals surface area contributed by atoms with Gasteiger partial charge >= 0.3 is 11.9 Å². The maximum atomic E-state index is 11.5. The van der Waals surface area contributed by atoms with Gasteiger partial charge in [-0.05, 0) is 13.3 Å². The van der Waals surface area contributed by atoms with Gasteiger partial charge in [0.2, 0.25) is 0 Å². The van der Waals surface area contributed by atoms with E-state index in [4.69, 9.17) is 4.74 Å². The summed E-state index contributed by atoms with van der Waals surface area (Å²) in [4.78, 5) is 22.4. The summed E-state index contributed by atoms with van der Waals surface area (Å²) in [5.74, 6) is 0.168. The second-order valence-corrected chi connectivity index (χ2v) is 4.54. The first-order valence-electron chi connectivity index (χ1n) is 5.50. The van der Waals surface area contributed by atoms with Crippen LogP contribution in [0.4, 0.5) is 0 Å². The van der Waals surface area contributed by atoms with E-state index in [1.165, 1.54) is 18.9 Å². The van der Waals surface area contributed by atoms with Gasteiger partial charge in [0.1, 0.15) is 5.25 Å². The smallest absolute Gasteiger partial charge is 0.319 e. The molecule has 0 aliphatic heterocycles. The molecule has 0 heterocycles. The minimum absolute atomic E-state index is 0.158. The zero-order chi connectivity index (χ0) is 12.4. The summed E-state index contributed by atoms with van der Waals surface area (Å²) in [6.07, 6.45) is 2.04. The molecule has 0 amide bonds. The van der Waals surface area contributed by atoms with Crippen molar-refractivity contribution >= 4 is 23.7 Å². The first-order valence-corrected chi connectivity index (χ1v) is 6.55. The molecule has 0 aromatic heterocycles. The lowest BCUT2D eigenvalue weighted by Crippen LogP contribution is -2.21. The maximum Gasteiger partial charge on any atom is 0.319 e. The monoisotopic (exact) mass is 248 g/mol. The van der Waals surface area contributed by atoms with Crippen molar-refractivity contribution in [3.05, 3.63) is 0 Å². The number of rotatable bonds is 8. The molecule has 1 atom stereocenters. The molecule has 0 radical (unpaired) electrons. The predicted molar refractivity (Wildman–Crippen MR) is 64.4 cm³/mol. The highest BCUT2D eigenvalue weighted by Crippen LogP contribution is 2.19. The van der Waals surface area contributed by atoms with Crippen LogP contribution in [-0.2, 0) is 19.1 Å². The Morgan fingerprint density at radius 2 is 2.00 bits per heavy atom. The molecule has 5 heteroatoms. The fraction of sp³-hybridized carbons (Fsp3) is 0.818. The molecular weight excluding hydrogens is 228 g/mol. The fourth-order valence-corrected chi connectivity index (χ4v) is 2.33. The lowest BCUT2D eigenvalue weighted by Gasteiger charge is -2.13. The molecule has 0 fully saturated rings. The Morgan fingerprint density at radius 3 is 2.50 bits per heavy atom. The molecule has 0 saturated heterocycles. The van der Waals surface area contributed by atoms with E-state index in [2.05, 4.69) is 4.74 Å². The molecule has 0 aliphatic rings. The van der Waals surface area contributed by atoms with Crippen LogP contribution >= 0.6 is 11.8 Å². The summed E-state index contributed by atoms with van der Waals surface area (Å²) in [6, 6.07) is 0. The standard InChI is InChI=1S/C11H20O4S/c1-4-6-9(11(13)15-5-2)16-8-7-10(12)14-3/h9H,4-8H2,1-3H3. The molecule has 94 valence electrons. The molecule has 16 heavy (non-hydrogen) atoms. The largest absolute Gasteiger partial charge is 0.469 e. The molecule has 1 unspecified atom stereocenters. The Morgan fingerprint density at radius 1 is 1.31 bits per heavy atom. The Hall–Kier alpha value is -0.710. The van der Waals surface area contributed by atoms with Crippen molar-refractivity contribution in [3.63, 3.8) is 0 Å². The van der Waals surface area contributed by atoms with Gasteiger partial charge in [0, 0.05) is 5.75 Å². The average Bonchev–Trinajstić information content (AvgIpc) is 2.28. The summed E-state index contributed by atoms with van der Waals surface area (Å²) in [7, 11) is 1.36. The summed E-state index contributed by atoms with van der Waals surface area (Å²) in [5, 5.41) is -0.158. The van der Waals surface area contributed by atoms with E-state index < -0.39 is 0 Å². The Labute approximate surface area is 101 Å². The van der Waals surface area contributed by atoms with E-state index in [1.807, 2.05) is 6.92 Å². The van der Waals surface area contributed by atoms with Gasteiger partial charge < -0.3 is 9.47 Å². The average molecular weight is 248 g/mol. The maximum absolute atomic E-state index is 11.5. The zero-order valence-electron chi connectivity index (χ0n) is 10.2. The van der Waals surface area contributed by atoms with Crippen molar-refractivity contribution in [3.8, 4) is 0 Å². The topological polar surface area (TPSA) is 52.6 Å². The van der Waals surface area contributed by atoms with Crippen LogP contribution in [0.15, 0.2) is 0 Å². The third-order valence-corrected chi connectivity index (χ3v) is 3.22. The van der Waals surface area contributed by atoms with E-state index in [9.17, 15) is 9.59 Å². The molecular formula is C11H20O4S. The zero-order valence-corrected chi connectivity index (χ0v) is 11.0. The third-order valence-electron chi connectivity index (χ3n) is 1.95. The second kappa shape index (κ2) is 9.51. The number of carbonyl (C=O) groups is 2. The van der Waals surface area contributed by atoms with E-state index in [0.29, 0.717) is 18.8 Å². The number of ether oxygens (including phenoxy) is 2. The van der Waals surface area contributed by atoms with Gasteiger partial charge in [0.25, 0.3) is 0 Å².